The Morgan fingerprint density at radius 3 is 2.49 bits per heavy atom. The molecule has 1 fully saturated rings. The van der Waals surface area contributed by atoms with Gasteiger partial charge in [0, 0.05) is 25.0 Å². The van der Waals surface area contributed by atoms with Crippen LogP contribution in [0.3, 0.4) is 0 Å². The second-order valence-electron chi connectivity index (χ2n) is 13.0. The monoisotopic (exact) mass is 546 g/mol. The van der Waals surface area contributed by atoms with Crippen molar-refractivity contribution in [1.82, 2.24) is 10.2 Å². The van der Waals surface area contributed by atoms with E-state index in [9.17, 15) is 14.7 Å². The van der Waals surface area contributed by atoms with Crippen LogP contribution in [0.5, 0.6) is 11.5 Å². The summed E-state index contributed by atoms with van der Waals surface area (Å²) in [5.41, 5.74) is 0.908. The van der Waals surface area contributed by atoms with Crippen molar-refractivity contribution >= 4 is 11.9 Å². The Hall–Kier alpha value is -2.32. The Labute approximate surface area is 235 Å². The molecule has 39 heavy (non-hydrogen) atoms. The quantitative estimate of drug-likeness (QED) is 0.227. The fourth-order valence-corrected chi connectivity index (χ4v) is 6.40. The van der Waals surface area contributed by atoms with Crippen LogP contribution < -0.4 is 14.8 Å². The molecule has 0 aromatic heterocycles. The molecule has 0 saturated carbocycles. The molecule has 2 heterocycles. The van der Waals surface area contributed by atoms with Gasteiger partial charge in [0.15, 0.2) is 11.5 Å². The Morgan fingerprint density at radius 1 is 1.08 bits per heavy atom. The molecule has 1 saturated heterocycles. The van der Waals surface area contributed by atoms with Crippen molar-refractivity contribution < 1.29 is 28.7 Å². The van der Waals surface area contributed by atoms with Gasteiger partial charge in [-0.05, 0) is 55.2 Å². The summed E-state index contributed by atoms with van der Waals surface area (Å²) < 4.78 is 12.1. The third-order valence-electron chi connectivity index (χ3n) is 8.52. The highest BCUT2D eigenvalue weighted by Crippen LogP contribution is 2.45. The minimum atomic E-state index is -0.804. The average molecular weight is 547 g/mol. The number of ether oxygens (including phenoxy) is 2. The fourth-order valence-electron chi connectivity index (χ4n) is 6.40. The largest absolute Gasteiger partial charge is 0.481 e. The number of hydrogen-bond acceptors (Lipinski definition) is 5. The number of carbonyl (C=O) groups is 2. The number of carboxylic acid groups (broad SMARTS) is 1. The number of quaternary nitrogens is 1. The molecule has 8 heteroatoms. The van der Waals surface area contributed by atoms with Gasteiger partial charge in [0.2, 0.25) is 12.7 Å². The third-order valence-corrected chi connectivity index (χ3v) is 8.52. The Morgan fingerprint density at radius 2 is 1.79 bits per heavy atom. The average Bonchev–Trinajstić information content (AvgIpc) is 3.46. The normalized spacial score (nSPS) is 21.3. The third kappa shape index (κ3) is 8.84. The molecule has 2 aliphatic heterocycles. The van der Waals surface area contributed by atoms with Crippen molar-refractivity contribution in [3.63, 3.8) is 0 Å². The number of unbranched alkanes of at least 4 members (excludes halogenated alkanes) is 2. The minimum Gasteiger partial charge on any atom is -0.481 e. The Bertz CT molecular complexity index is 964. The van der Waals surface area contributed by atoms with Crippen LogP contribution in [0.4, 0.5) is 0 Å². The first-order valence-electron chi connectivity index (χ1n) is 14.9. The van der Waals surface area contributed by atoms with Crippen LogP contribution >= 0.6 is 0 Å². The topological polar surface area (TPSA) is 88.1 Å². The number of carbonyl (C=O) groups excluding carboxylic acids is 1. The van der Waals surface area contributed by atoms with Crippen molar-refractivity contribution in [2.75, 3.05) is 53.6 Å². The highest BCUT2D eigenvalue weighted by Gasteiger charge is 2.48. The van der Waals surface area contributed by atoms with Gasteiger partial charge in [-0.1, -0.05) is 46.6 Å². The number of rotatable bonds is 16. The first-order chi connectivity index (χ1) is 18.5. The van der Waals surface area contributed by atoms with E-state index in [2.05, 4.69) is 52.0 Å². The molecule has 0 spiro atoms. The van der Waals surface area contributed by atoms with Gasteiger partial charge in [0.25, 0.3) is 0 Å². The molecular weight excluding hydrogens is 494 g/mol. The Kier molecular flexibility index (Phi) is 11.1. The standard InChI is InChI=1S/C31H51N3O5/c1-7-9-16-34(5,6)17-11-10-15-32-28(35)21-33-20-24(23-12-13-26-27(18-23)39-22-38-26)29(30(36)37)25(33)19-31(3,4)14-8-2/h12-13,18,24-25,29H,7-11,14-17,19-22H2,1-6H3,(H-,32,35,36,37)/p+1/t24?,25-,29+/m1/s1. The van der Waals surface area contributed by atoms with Gasteiger partial charge in [-0.15, -0.1) is 0 Å². The first kappa shape index (κ1) is 31.2. The van der Waals surface area contributed by atoms with E-state index in [0.717, 1.165) is 48.7 Å². The van der Waals surface area contributed by atoms with Gasteiger partial charge in [-0.25, -0.2) is 0 Å². The molecule has 3 atom stereocenters. The second kappa shape index (κ2) is 13.8. The van der Waals surface area contributed by atoms with E-state index >= 15 is 0 Å². The van der Waals surface area contributed by atoms with Gasteiger partial charge in [0.1, 0.15) is 0 Å². The molecule has 220 valence electrons. The fraction of sp³-hybridized carbons (Fsp3) is 0.742. The maximum absolute atomic E-state index is 13.1. The highest BCUT2D eigenvalue weighted by molar-refractivity contribution is 5.79. The van der Waals surface area contributed by atoms with Gasteiger partial charge in [0.05, 0.1) is 39.6 Å². The van der Waals surface area contributed by atoms with Crippen molar-refractivity contribution in [2.45, 2.75) is 84.6 Å². The van der Waals surface area contributed by atoms with E-state index in [-0.39, 0.29) is 36.6 Å². The smallest absolute Gasteiger partial charge is 0.308 e. The number of benzene rings is 1. The summed E-state index contributed by atoms with van der Waals surface area (Å²) >= 11 is 0. The van der Waals surface area contributed by atoms with Gasteiger partial charge < -0.3 is 24.4 Å². The molecule has 8 nitrogen and oxygen atoms in total. The predicted molar refractivity (Wildman–Crippen MR) is 154 cm³/mol. The van der Waals surface area contributed by atoms with E-state index in [1.165, 1.54) is 19.4 Å². The summed E-state index contributed by atoms with van der Waals surface area (Å²) in [6.45, 7) is 12.7. The van der Waals surface area contributed by atoms with Crippen LogP contribution in [-0.2, 0) is 9.59 Å². The molecule has 1 unspecified atom stereocenters. The number of nitrogens with zero attached hydrogens (tertiary/aromatic N) is 2. The number of nitrogens with one attached hydrogen (secondary N) is 1. The number of carboxylic acids is 1. The van der Waals surface area contributed by atoms with Crippen LogP contribution in [0.25, 0.3) is 0 Å². The molecule has 2 aliphatic rings. The lowest BCUT2D eigenvalue weighted by Crippen LogP contribution is -2.44. The van der Waals surface area contributed by atoms with Crippen LogP contribution in [0, 0.1) is 11.3 Å². The predicted octanol–water partition coefficient (Wildman–Crippen LogP) is 4.87. The number of fused-ring (bicyclic) bond motifs is 1. The summed E-state index contributed by atoms with van der Waals surface area (Å²) in [6.07, 6.45) is 7.25. The number of aliphatic carboxylic acids is 1. The molecule has 1 aromatic carbocycles. The Balaban J connectivity index is 1.67. The van der Waals surface area contributed by atoms with Crippen molar-refractivity contribution in [3.8, 4) is 11.5 Å². The highest BCUT2D eigenvalue weighted by atomic mass is 16.7. The van der Waals surface area contributed by atoms with Crippen molar-refractivity contribution in [3.05, 3.63) is 23.8 Å². The molecule has 2 N–H and O–H groups in total. The van der Waals surface area contributed by atoms with Crippen molar-refractivity contribution in [1.29, 1.82) is 0 Å². The molecule has 1 aromatic rings. The van der Waals surface area contributed by atoms with Crippen LogP contribution in [0.2, 0.25) is 0 Å². The zero-order valence-corrected chi connectivity index (χ0v) is 25.1. The van der Waals surface area contributed by atoms with E-state index in [0.29, 0.717) is 24.6 Å². The van der Waals surface area contributed by atoms with Gasteiger partial charge >= 0.3 is 5.97 Å². The van der Waals surface area contributed by atoms with E-state index in [1.807, 2.05) is 18.2 Å². The minimum absolute atomic E-state index is 0.0194. The lowest BCUT2D eigenvalue weighted by molar-refractivity contribution is -0.890. The first-order valence-corrected chi connectivity index (χ1v) is 14.9. The van der Waals surface area contributed by atoms with E-state index < -0.39 is 11.9 Å². The molecule has 0 radical (unpaired) electrons. The number of likely N-dealkylation sites (tertiary alicyclic amines) is 1. The summed E-state index contributed by atoms with van der Waals surface area (Å²) in [4.78, 5) is 27.9. The van der Waals surface area contributed by atoms with Crippen molar-refractivity contribution in [2.24, 2.45) is 11.3 Å². The maximum Gasteiger partial charge on any atom is 0.308 e. The zero-order valence-electron chi connectivity index (χ0n) is 25.1. The van der Waals surface area contributed by atoms with Crippen LogP contribution in [-0.4, -0.2) is 86.0 Å². The van der Waals surface area contributed by atoms with Gasteiger partial charge in [-0.2, -0.15) is 0 Å². The molecule has 0 aliphatic carbocycles. The molecule has 0 bridgehead atoms. The maximum atomic E-state index is 13.1. The zero-order chi connectivity index (χ0) is 28.6. The van der Waals surface area contributed by atoms with Crippen LogP contribution in [0.15, 0.2) is 18.2 Å². The molecular formula is C31H52N3O5+. The molecule has 1 amide bonds. The van der Waals surface area contributed by atoms with Gasteiger partial charge in [-0.3, -0.25) is 14.5 Å². The summed E-state index contributed by atoms with van der Waals surface area (Å²) in [5.74, 6) is -0.307. The van der Waals surface area contributed by atoms with E-state index in [1.54, 1.807) is 0 Å². The second-order valence-corrected chi connectivity index (χ2v) is 13.0. The number of hydrogen-bond donors (Lipinski definition) is 2. The summed E-state index contributed by atoms with van der Waals surface area (Å²) in [6, 6.07) is 5.51. The lowest BCUT2D eigenvalue weighted by atomic mass is 9.76. The number of amides is 1. The van der Waals surface area contributed by atoms with E-state index in [4.69, 9.17) is 9.47 Å². The molecule has 3 rings (SSSR count). The van der Waals surface area contributed by atoms with Crippen LogP contribution in [0.1, 0.15) is 84.1 Å². The lowest BCUT2D eigenvalue weighted by Gasteiger charge is -2.34. The summed E-state index contributed by atoms with van der Waals surface area (Å²) in [7, 11) is 4.55. The summed E-state index contributed by atoms with van der Waals surface area (Å²) in [5, 5.41) is 13.5. The SMILES string of the molecule is CCCC[N+](C)(C)CCCCNC(=O)CN1CC(c2ccc3c(c2)OCO3)[C@H](C(=O)O)[C@H]1CC(C)(C)CCC.